The molecule has 3 heteroatoms. The first kappa shape index (κ1) is 10.9. The fourth-order valence-corrected chi connectivity index (χ4v) is 1.35. The highest BCUT2D eigenvalue weighted by molar-refractivity contribution is 5.46. The van der Waals surface area contributed by atoms with Crippen molar-refractivity contribution in [1.82, 2.24) is 0 Å². The smallest absolute Gasteiger partial charge is 0.161 e. The zero-order valence-corrected chi connectivity index (χ0v) is 8.96. The Morgan fingerprint density at radius 2 is 2.00 bits per heavy atom. The molecular formula is C11H17NO2. The van der Waals surface area contributed by atoms with Crippen LogP contribution >= 0.6 is 0 Å². The number of hydrogen-bond donors (Lipinski definition) is 1. The first-order valence-corrected chi connectivity index (χ1v) is 4.73. The summed E-state index contributed by atoms with van der Waals surface area (Å²) in [7, 11) is 1.64. The number of ether oxygens (including phenoxy) is 2. The zero-order valence-electron chi connectivity index (χ0n) is 8.96. The number of methoxy groups -OCH3 is 1. The first-order chi connectivity index (χ1) is 6.72. The van der Waals surface area contributed by atoms with Gasteiger partial charge in [0.05, 0.1) is 13.7 Å². The molecule has 0 aliphatic rings. The predicted octanol–water partition coefficient (Wildman–Crippen LogP) is 1.86. The second-order valence-corrected chi connectivity index (χ2v) is 3.07. The largest absolute Gasteiger partial charge is 0.493 e. The summed E-state index contributed by atoms with van der Waals surface area (Å²) in [5.74, 6) is 1.53. The highest BCUT2D eigenvalue weighted by Crippen LogP contribution is 2.30. The SMILES string of the molecule is CCOc1cc(CN)c(C)cc1OC. The number of hydrogen-bond acceptors (Lipinski definition) is 3. The van der Waals surface area contributed by atoms with Crippen molar-refractivity contribution in [1.29, 1.82) is 0 Å². The van der Waals surface area contributed by atoms with E-state index in [0.717, 1.165) is 22.6 Å². The molecular weight excluding hydrogens is 178 g/mol. The molecule has 0 saturated carbocycles. The van der Waals surface area contributed by atoms with Gasteiger partial charge in [-0.2, -0.15) is 0 Å². The van der Waals surface area contributed by atoms with Gasteiger partial charge in [-0.3, -0.25) is 0 Å². The maximum Gasteiger partial charge on any atom is 0.161 e. The van der Waals surface area contributed by atoms with E-state index in [2.05, 4.69) is 0 Å². The second-order valence-electron chi connectivity index (χ2n) is 3.07. The summed E-state index contributed by atoms with van der Waals surface area (Å²) >= 11 is 0. The van der Waals surface area contributed by atoms with Gasteiger partial charge in [0.25, 0.3) is 0 Å². The van der Waals surface area contributed by atoms with Crippen LogP contribution in [-0.2, 0) is 6.54 Å². The molecule has 2 N–H and O–H groups in total. The van der Waals surface area contributed by atoms with Gasteiger partial charge in [0, 0.05) is 6.54 Å². The Hall–Kier alpha value is -1.22. The van der Waals surface area contributed by atoms with Crippen molar-refractivity contribution in [3.05, 3.63) is 23.3 Å². The number of nitrogens with two attached hydrogens (primary N) is 1. The molecule has 0 atom stereocenters. The molecule has 0 amide bonds. The second kappa shape index (κ2) is 4.86. The summed E-state index contributed by atoms with van der Waals surface area (Å²) in [5, 5.41) is 0. The lowest BCUT2D eigenvalue weighted by molar-refractivity contribution is 0.310. The average Bonchev–Trinajstić information content (AvgIpc) is 2.20. The van der Waals surface area contributed by atoms with Crippen LogP contribution in [0.25, 0.3) is 0 Å². The van der Waals surface area contributed by atoms with Gasteiger partial charge in [0.15, 0.2) is 11.5 Å². The molecule has 1 aromatic carbocycles. The maximum absolute atomic E-state index is 5.61. The van der Waals surface area contributed by atoms with Crippen LogP contribution in [0.3, 0.4) is 0 Å². The van der Waals surface area contributed by atoms with Crippen LogP contribution in [0, 0.1) is 6.92 Å². The van der Waals surface area contributed by atoms with E-state index in [1.165, 1.54) is 0 Å². The van der Waals surface area contributed by atoms with Crippen molar-refractivity contribution in [2.45, 2.75) is 20.4 Å². The van der Waals surface area contributed by atoms with E-state index in [1.807, 2.05) is 26.0 Å². The van der Waals surface area contributed by atoms with Crippen LogP contribution in [0.15, 0.2) is 12.1 Å². The Morgan fingerprint density at radius 1 is 1.29 bits per heavy atom. The standard InChI is InChI=1S/C11H17NO2/c1-4-14-11-6-9(7-12)8(2)5-10(11)13-3/h5-6H,4,7,12H2,1-3H3. The van der Waals surface area contributed by atoms with Gasteiger partial charge in [0.1, 0.15) is 0 Å². The highest BCUT2D eigenvalue weighted by Gasteiger charge is 2.07. The van der Waals surface area contributed by atoms with E-state index >= 15 is 0 Å². The molecule has 0 radical (unpaired) electrons. The molecule has 0 fully saturated rings. The summed E-state index contributed by atoms with van der Waals surface area (Å²) in [6, 6.07) is 3.89. The fraction of sp³-hybridized carbons (Fsp3) is 0.455. The van der Waals surface area contributed by atoms with Crippen LogP contribution in [0.5, 0.6) is 11.5 Å². The Kier molecular flexibility index (Phi) is 3.77. The van der Waals surface area contributed by atoms with Gasteiger partial charge in [-0.1, -0.05) is 0 Å². The van der Waals surface area contributed by atoms with E-state index in [1.54, 1.807) is 7.11 Å². The molecule has 0 aliphatic heterocycles. The lowest BCUT2D eigenvalue weighted by Crippen LogP contribution is -2.02. The van der Waals surface area contributed by atoms with E-state index in [9.17, 15) is 0 Å². The van der Waals surface area contributed by atoms with Crippen LogP contribution in [0.4, 0.5) is 0 Å². The van der Waals surface area contributed by atoms with Gasteiger partial charge in [-0.15, -0.1) is 0 Å². The topological polar surface area (TPSA) is 44.5 Å². The summed E-state index contributed by atoms with van der Waals surface area (Å²) in [4.78, 5) is 0. The van der Waals surface area contributed by atoms with Gasteiger partial charge in [0.2, 0.25) is 0 Å². The number of aryl methyl sites for hydroxylation is 1. The minimum Gasteiger partial charge on any atom is -0.493 e. The third-order valence-electron chi connectivity index (χ3n) is 2.14. The monoisotopic (exact) mass is 195 g/mol. The van der Waals surface area contributed by atoms with E-state index in [-0.39, 0.29) is 0 Å². The lowest BCUT2D eigenvalue weighted by Gasteiger charge is -2.12. The van der Waals surface area contributed by atoms with Crippen LogP contribution in [0.1, 0.15) is 18.1 Å². The Bertz CT molecular complexity index is 310. The summed E-state index contributed by atoms with van der Waals surface area (Å²) in [5.41, 5.74) is 7.83. The molecule has 0 unspecified atom stereocenters. The molecule has 0 aliphatic carbocycles. The molecule has 0 spiro atoms. The molecule has 78 valence electrons. The molecule has 1 rings (SSSR count). The molecule has 0 heterocycles. The average molecular weight is 195 g/mol. The van der Waals surface area contributed by atoms with E-state index in [4.69, 9.17) is 15.2 Å². The number of benzene rings is 1. The predicted molar refractivity (Wildman–Crippen MR) is 56.8 cm³/mol. The molecule has 0 saturated heterocycles. The summed E-state index contributed by atoms with van der Waals surface area (Å²) in [6.07, 6.45) is 0. The minimum absolute atomic E-state index is 0.524. The van der Waals surface area contributed by atoms with Crippen molar-refractivity contribution in [2.24, 2.45) is 5.73 Å². The van der Waals surface area contributed by atoms with Crippen molar-refractivity contribution in [2.75, 3.05) is 13.7 Å². The van der Waals surface area contributed by atoms with E-state index in [0.29, 0.717) is 13.2 Å². The fourth-order valence-electron chi connectivity index (χ4n) is 1.35. The van der Waals surface area contributed by atoms with Gasteiger partial charge in [-0.05, 0) is 37.1 Å². The lowest BCUT2D eigenvalue weighted by atomic mass is 10.1. The van der Waals surface area contributed by atoms with E-state index < -0.39 is 0 Å². The van der Waals surface area contributed by atoms with Crippen molar-refractivity contribution >= 4 is 0 Å². The highest BCUT2D eigenvalue weighted by atomic mass is 16.5. The third kappa shape index (κ3) is 2.17. The molecule has 3 nitrogen and oxygen atoms in total. The quantitative estimate of drug-likeness (QED) is 0.797. The Labute approximate surface area is 84.8 Å². The van der Waals surface area contributed by atoms with Crippen LogP contribution in [0.2, 0.25) is 0 Å². The number of rotatable bonds is 4. The molecule has 0 aromatic heterocycles. The van der Waals surface area contributed by atoms with Gasteiger partial charge < -0.3 is 15.2 Å². The van der Waals surface area contributed by atoms with Crippen molar-refractivity contribution in [3.63, 3.8) is 0 Å². The minimum atomic E-state index is 0.524. The van der Waals surface area contributed by atoms with Crippen LogP contribution < -0.4 is 15.2 Å². The van der Waals surface area contributed by atoms with Crippen molar-refractivity contribution in [3.8, 4) is 11.5 Å². The summed E-state index contributed by atoms with van der Waals surface area (Å²) < 4.78 is 10.7. The molecule has 0 bridgehead atoms. The molecule has 1 aromatic rings. The maximum atomic E-state index is 5.61. The normalized spacial score (nSPS) is 10.0. The summed E-state index contributed by atoms with van der Waals surface area (Å²) in [6.45, 7) is 5.11. The Balaban J connectivity index is 3.11. The third-order valence-corrected chi connectivity index (χ3v) is 2.14. The first-order valence-electron chi connectivity index (χ1n) is 4.73. The Morgan fingerprint density at radius 3 is 2.50 bits per heavy atom. The van der Waals surface area contributed by atoms with Crippen molar-refractivity contribution < 1.29 is 9.47 Å². The zero-order chi connectivity index (χ0) is 10.6. The van der Waals surface area contributed by atoms with Crippen LogP contribution in [-0.4, -0.2) is 13.7 Å². The molecule has 14 heavy (non-hydrogen) atoms. The van der Waals surface area contributed by atoms with Gasteiger partial charge in [-0.25, -0.2) is 0 Å². The van der Waals surface area contributed by atoms with Gasteiger partial charge >= 0.3 is 0 Å².